The third-order valence-electron chi connectivity index (χ3n) is 3.95. The number of hydrogen-bond donors (Lipinski definition) is 2. The first kappa shape index (κ1) is 12.7. The molecule has 1 fully saturated rings. The maximum Gasteiger partial charge on any atom is 0.0488 e. The highest BCUT2D eigenvalue weighted by molar-refractivity contribution is 9.10. The number of nitrogen functional groups attached to an aromatic ring is 1. The number of aryl methyl sites for hydroxylation is 1. The van der Waals surface area contributed by atoms with E-state index >= 15 is 0 Å². The van der Waals surface area contributed by atoms with Crippen LogP contribution in [0.15, 0.2) is 16.6 Å². The summed E-state index contributed by atoms with van der Waals surface area (Å²) in [5.74, 6) is 1.68. The first-order chi connectivity index (χ1) is 8.08. The van der Waals surface area contributed by atoms with E-state index in [1.54, 1.807) is 0 Å². The van der Waals surface area contributed by atoms with Crippen molar-refractivity contribution >= 4 is 27.3 Å². The van der Waals surface area contributed by atoms with E-state index in [-0.39, 0.29) is 0 Å². The Morgan fingerprint density at radius 1 is 1.41 bits per heavy atom. The maximum absolute atomic E-state index is 5.87. The third-order valence-corrected chi connectivity index (χ3v) is 4.61. The molecule has 17 heavy (non-hydrogen) atoms. The first-order valence-electron chi connectivity index (χ1n) is 6.37. The SMILES string of the molecule is Cc1cc(NCC2CCCC2C)c(Br)cc1N. The molecule has 1 aromatic rings. The van der Waals surface area contributed by atoms with Crippen LogP contribution in [-0.4, -0.2) is 6.54 Å². The third kappa shape index (κ3) is 2.95. The highest BCUT2D eigenvalue weighted by Crippen LogP contribution is 2.33. The van der Waals surface area contributed by atoms with Gasteiger partial charge in [-0.25, -0.2) is 0 Å². The van der Waals surface area contributed by atoms with Gasteiger partial charge in [0, 0.05) is 22.4 Å². The molecular weight excluding hydrogens is 276 g/mol. The smallest absolute Gasteiger partial charge is 0.0488 e. The van der Waals surface area contributed by atoms with E-state index in [1.807, 2.05) is 13.0 Å². The van der Waals surface area contributed by atoms with Gasteiger partial charge in [0.1, 0.15) is 0 Å². The minimum absolute atomic E-state index is 0.819. The molecule has 3 N–H and O–H groups in total. The highest BCUT2D eigenvalue weighted by Gasteiger charge is 2.22. The average Bonchev–Trinajstić information content (AvgIpc) is 2.68. The predicted molar refractivity (Wildman–Crippen MR) is 78.3 cm³/mol. The second-order valence-corrected chi connectivity index (χ2v) is 6.09. The van der Waals surface area contributed by atoms with Gasteiger partial charge in [-0.15, -0.1) is 0 Å². The van der Waals surface area contributed by atoms with Gasteiger partial charge in [-0.3, -0.25) is 0 Å². The summed E-state index contributed by atoms with van der Waals surface area (Å²) < 4.78 is 1.06. The minimum atomic E-state index is 0.819. The molecule has 0 radical (unpaired) electrons. The first-order valence-corrected chi connectivity index (χ1v) is 7.16. The van der Waals surface area contributed by atoms with Crippen LogP contribution in [0.25, 0.3) is 0 Å². The van der Waals surface area contributed by atoms with Crippen molar-refractivity contribution in [3.63, 3.8) is 0 Å². The summed E-state index contributed by atoms with van der Waals surface area (Å²) in [4.78, 5) is 0. The van der Waals surface area contributed by atoms with Crippen molar-refractivity contribution in [2.45, 2.75) is 33.1 Å². The molecule has 0 bridgehead atoms. The van der Waals surface area contributed by atoms with Gasteiger partial charge in [0.25, 0.3) is 0 Å². The van der Waals surface area contributed by atoms with E-state index in [0.29, 0.717) is 0 Å². The van der Waals surface area contributed by atoms with E-state index in [9.17, 15) is 0 Å². The monoisotopic (exact) mass is 296 g/mol. The molecule has 0 aromatic heterocycles. The molecule has 1 saturated carbocycles. The molecule has 0 amide bonds. The van der Waals surface area contributed by atoms with E-state index in [1.165, 1.54) is 19.3 Å². The van der Waals surface area contributed by atoms with Crippen molar-refractivity contribution in [1.29, 1.82) is 0 Å². The molecule has 0 aliphatic heterocycles. The van der Waals surface area contributed by atoms with Crippen LogP contribution < -0.4 is 11.1 Å². The zero-order chi connectivity index (χ0) is 12.4. The fourth-order valence-electron chi connectivity index (χ4n) is 2.60. The Labute approximate surface area is 112 Å². The molecule has 0 heterocycles. The zero-order valence-electron chi connectivity index (χ0n) is 10.6. The lowest BCUT2D eigenvalue weighted by Crippen LogP contribution is -2.16. The standard InChI is InChI=1S/C14H21BrN2/c1-9-4-3-5-11(9)8-17-14-6-10(2)13(16)7-12(14)15/h6-7,9,11,17H,3-5,8,16H2,1-2H3. The predicted octanol–water partition coefficient (Wildman–Crippen LogP) is 4.19. The van der Waals surface area contributed by atoms with Crippen LogP contribution in [0.5, 0.6) is 0 Å². The zero-order valence-corrected chi connectivity index (χ0v) is 12.2. The second kappa shape index (κ2) is 5.30. The van der Waals surface area contributed by atoms with E-state index in [0.717, 1.165) is 39.8 Å². The van der Waals surface area contributed by atoms with Gasteiger partial charge in [-0.05, 0) is 58.8 Å². The molecule has 2 unspecified atom stereocenters. The van der Waals surface area contributed by atoms with Gasteiger partial charge in [0.05, 0.1) is 0 Å². The van der Waals surface area contributed by atoms with Crippen LogP contribution in [0.1, 0.15) is 31.7 Å². The number of hydrogen-bond acceptors (Lipinski definition) is 2. The summed E-state index contributed by atoms with van der Waals surface area (Å²) in [6.07, 6.45) is 4.13. The average molecular weight is 297 g/mol. The van der Waals surface area contributed by atoms with E-state index < -0.39 is 0 Å². The van der Waals surface area contributed by atoms with Crippen molar-refractivity contribution in [2.24, 2.45) is 11.8 Å². The number of benzene rings is 1. The summed E-state index contributed by atoms with van der Waals surface area (Å²) >= 11 is 3.56. The van der Waals surface area contributed by atoms with Crippen LogP contribution in [0.3, 0.4) is 0 Å². The molecule has 0 saturated heterocycles. The van der Waals surface area contributed by atoms with Crippen LogP contribution in [-0.2, 0) is 0 Å². The second-order valence-electron chi connectivity index (χ2n) is 5.24. The molecule has 0 spiro atoms. The maximum atomic E-state index is 5.87. The number of halogens is 1. The summed E-state index contributed by atoms with van der Waals surface area (Å²) in [7, 11) is 0. The normalized spacial score (nSPS) is 23.9. The number of nitrogens with two attached hydrogens (primary N) is 1. The number of rotatable bonds is 3. The molecular formula is C14H21BrN2. The van der Waals surface area contributed by atoms with Gasteiger partial charge in [0.15, 0.2) is 0 Å². The summed E-state index contributed by atoms with van der Waals surface area (Å²) in [6.45, 7) is 5.48. The van der Waals surface area contributed by atoms with Crippen LogP contribution in [0, 0.1) is 18.8 Å². The lowest BCUT2D eigenvalue weighted by atomic mass is 9.98. The van der Waals surface area contributed by atoms with Gasteiger partial charge in [-0.1, -0.05) is 19.8 Å². The lowest BCUT2D eigenvalue weighted by molar-refractivity contribution is 0.439. The van der Waals surface area contributed by atoms with Crippen molar-refractivity contribution in [3.05, 3.63) is 22.2 Å². The van der Waals surface area contributed by atoms with E-state index in [4.69, 9.17) is 5.73 Å². The highest BCUT2D eigenvalue weighted by atomic mass is 79.9. The Hall–Kier alpha value is -0.700. The summed E-state index contributed by atoms with van der Waals surface area (Å²) in [6, 6.07) is 4.11. The molecule has 1 aliphatic rings. The summed E-state index contributed by atoms with van der Waals surface area (Å²) in [5.41, 5.74) is 9.01. The Kier molecular flexibility index (Phi) is 3.97. The lowest BCUT2D eigenvalue weighted by Gasteiger charge is -2.18. The molecule has 94 valence electrons. The van der Waals surface area contributed by atoms with Crippen molar-refractivity contribution in [2.75, 3.05) is 17.6 Å². The summed E-state index contributed by atoms with van der Waals surface area (Å²) in [5, 5.41) is 3.55. The fourth-order valence-corrected chi connectivity index (χ4v) is 3.10. The Balaban J connectivity index is 2.01. The molecule has 2 atom stereocenters. The Morgan fingerprint density at radius 2 is 2.18 bits per heavy atom. The topological polar surface area (TPSA) is 38.0 Å². The van der Waals surface area contributed by atoms with Gasteiger partial charge >= 0.3 is 0 Å². The number of anilines is 2. The Bertz CT molecular complexity index is 403. The van der Waals surface area contributed by atoms with Gasteiger partial charge in [-0.2, -0.15) is 0 Å². The van der Waals surface area contributed by atoms with Gasteiger partial charge in [0.2, 0.25) is 0 Å². The van der Waals surface area contributed by atoms with Crippen molar-refractivity contribution < 1.29 is 0 Å². The number of nitrogens with one attached hydrogen (secondary N) is 1. The molecule has 2 rings (SSSR count). The molecule has 1 aliphatic carbocycles. The molecule has 1 aromatic carbocycles. The van der Waals surface area contributed by atoms with E-state index in [2.05, 4.69) is 34.2 Å². The minimum Gasteiger partial charge on any atom is -0.398 e. The van der Waals surface area contributed by atoms with Gasteiger partial charge < -0.3 is 11.1 Å². The quantitative estimate of drug-likeness (QED) is 0.821. The van der Waals surface area contributed by atoms with Crippen molar-refractivity contribution in [1.82, 2.24) is 0 Å². The molecule has 3 heteroatoms. The van der Waals surface area contributed by atoms with Crippen LogP contribution >= 0.6 is 15.9 Å². The fraction of sp³-hybridized carbons (Fsp3) is 0.571. The largest absolute Gasteiger partial charge is 0.398 e. The van der Waals surface area contributed by atoms with Crippen molar-refractivity contribution in [3.8, 4) is 0 Å². The molecule has 2 nitrogen and oxygen atoms in total. The Morgan fingerprint density at radius 3 is 2.82 bits per heavy atom. The van der Waals surface area contributed by atoms with Crippen LogP contribution in [0.4, 0.5) is 11.4 Å². The van der Waals surface area contributed by atoms with Crippen LogP contribution in [0.2, 0.25) is 0 Å².